The van der Waals surface area contributed by atoms with Gasteiger partial charge in [0, 0.05) is 16.1 Å². The second-order valence-electron chi connectivity index (χ2n) is 7.16. The number of benzene rings is 1. The van der Waals surface area contributed by atoms with Crippen LogP contribution in [0.2, 0.25) is 10.0 Å². The summed E-state index contributed by atoms with van der Waals surface area (Å²) in [6, 6.07) is 4.89. The molecule has 0 atom stereocenters. The van der Waals surface area contributed by atoms with E-state index in [4.69, 9.17) is 32.7 Å². The number of amides is 1. The van der Waals surface area contributed by atoms with E-state index in [1.807, 2.05) is 0 Å². The van der Waals surface area contributed by atoms with E-state index in [9.17, 15) is 14.4 Å². The number of halogens is 2. The van der Waals surface area contributed by atoms with Crippen LogP contribution in [0, 0.1) is 6.92 Å². The van der Waals surface area contributed by atoms with Crippen LogP contribution in [0.1, 0.15) is 58.9 Å². The van der Waals surface area contributed by atoms with Crippen molar-refractivity contribution in [3.05, 3.63) is 55.9 Å². The Labute approximate surface area is 195 Å². The molecule has 0 spiro atoms. The van der Waals surface area contributed by atoms with Crippen molar-refractivity contribution >= 4 is 63.5 Å². The van der Waals surface area contributed by atoms with Gasteiger partial charge in [-0.05, 0) is 64.0 Å². The summed E-state index contributed by atoms with van der Waals surface area (Å²) in [5.74, 6) is -1.71. The lowest BCUT2D eigenvalue weighted by atomic mass is 10.1. The summed E-state index contributed by atoms with van der Waals surface area (Å²) in [6.07, 6.45) is 2.10. The third kappa shape index (κ3) is 6.82. The normalized spacial score (nSPS) is 11.3. The molecule has 0 aliphatic rings. The van der Waals surface area contributed by atoms with E-state index in [-0.39, 0.29) is 27.6 Å². The molecule has 0 aliphatic carbocycles. The number of anilines is 1. The first kappa shape index (κ1) is 24.9. The Balaban J connectivity index is 2.34. The van der Waals surface area contributed by atoms with Gasteiger partial charge in [0.25, 0.3) is 0 Å². The van der Waals surface area contributed by atoms with Gasteiger partial charge >= 0.3 is 11.9 Å². The zero-order chi connectivity index (χ0) is 23.3. The molecule has 0 saturated carbocycles. The zero-order valence-electron chi connectivity index (χ0n) is 17.7. The van der Waals surface area contributed by atoms with Gasteiger partial charge in [-0.2, -0.15) is 0 Å². The molecule has 0 saturated heterocycles. The van der Waals surface area contributed by atoms with E-state index in [2.05, 4.69) is 5.32 Å². The highest BCUT2D eigenvalue weighted by Crippen LogP contribution is 2.35. The molecule has 0 aliphatic heterocycles. The van der Waals surface area contributed by atoms with Crippen LogP contribution in [-0.4, -0.2) is 30.1 Å². The van der Waals surface area contributed by atoms with Gasteiger partial charge in [0.1, 0.15) is 9.88 Å². The average molecular weight is 484 g/mol. The number of hydrogen-bond donors (Lipinski definition) is 1. The van der Waals surface area contributed by atoms with Crippen molar-refractivity contribution in [1.82, 2.24) is 0 Å². The number of thiophene rings is 1. The molecule has 31 heavy (non-hydrogen) atoms. The predicted molar refractivity (Wildman–Crippen MR) is 124 cm³/mol. The second-order valence-corrected chi connectivity index (χ2v) is 9.02. The van der Waals surface area contributed by atoms with E-state index < -0.39 is 17.8 Å². The molecule has 0 bridgehead atoms. The Hall–Kier alpha value is -2.35. The molecule has 9 heteroatoms. The molecule has 1 aromatic heterocycles. The van der Waals surface area contributed by atoms with E-state index in [1.165, 1.54) is 12.2 Å². The second kappa shape index (κ2) is 10.8. The SMILES string of the molecule is Cc1c(C(=O)OC(C)C)sc(NC(=O)C=Cc2ccc(Cl)cc2Cl)c1C(=O)OC(C)C. The number of hydrogen-bond acceptors (Lipinski definition) is 6. The van der Waals surface area contributed by atoms with Crippen LogP contribution in [0.5, 0.6) is 0 Å². The molecule has 1 aromatic carbocycles. The van der Waals surface area contributed by atoms with Crippen molar-refractivity contribution < 1.29 is 23.9 Å². The number of rotatable bonds is 7. The summed E-state index contributed by atoms with van der Waals surface area (Å²) < 4.78 is 10.5. The number of carbonyl (C=O) groups is 3. The summed E-state index contributed by atoms with van der Waals surface area (Å²) in [6.45, 7) is 8.49. The Morgan fingerprint density at radius 1 is 1.03 bits per heavy atom. The summed E-state index contributed by atoms with van der Waals surface area (Å²) in [5, 5.41) is 3.73. The quantitative estimate of drug-likeness (QED) is 0.377. The lowest BCUT2D eigenvalue weighted by molar-refractivity contribution is -0.111. The van der Waals surface area contributed by atoms with Crippen LogP contribution in [0.4, 0.5) is 5.00 Å². The fourth-order valence-corrected chi connectivity index (χ4v) is 4.09. The summed E-state index contributed by atoms with van der Waals surface area (Å²) in [7, 11) is 0. The standard InChI is InChI=1S/C22H23Cl2NO5S/c1-11(2)29-21(27)18-13(5)19(22(28)30-12(3)4)31-20(18)25-17(26)9-7-14-6-8-15(23)10-16(14)24/h6-12H,1-5H3,(H,25,26). The van der Waals surface area contributed by atoms with E-state index in [0.717, 1.165) is 11.3 Å². The largest absolute Gasteiger partial charge is 0.459 e. The maximum absolute atomic E-state index is 12.6. The molecule has 1 N–H and O–H groups in total. The molecule has 0 unspecified atom stereocenters. The Kier molecular flexibility index (Phi) is 8.68. The minimum Gasteiger partial charge on any atom is -0.459 e. The third-order valence-corrected chi connectivity index (χ3v) is 5.58. The smallest absolute Gasteiger partial charge is 0.348 e. The van der Waals surface area contributed by atoms with Crippen molar-refractivity contribution in [3.63, 3.8) is 0 Å². The number of ether oxygens (including phenoxy) is 2. The average Bonchev–Trinajstić information content (AvgIpc) is 2.96. The molecule has 166 valence electrons. The van der Waals surface area contributed by atoms with Crippen molar-refractivity contribution in [2.24, 2.45) is 0 Å². The summed E-state index contributed by atoms with van der Waals surface area (Å²) >= 11 is 12.9. The predicted octanol–water partition coefficient (Wildman–Crippen LogP) is 6.15. The minimum atomic E-state index is -0.632. The topological polar surface area (TPSA) is 81.7 Å². The van der Waals surface area contributed by atoms with Gasteiger partial charge in [0.15, 0.2) is 0 Å². The summed E-state index contributed by atoms with van der Waals surface area (Å²) in [4.78, 5) is 37.8. The van der Waals surface area contributed by atoms with Crippen LogP contribution in [0.25, 0.3) is 6.08 Å². The highest BCUT2D eigenvalue weighted by Gasteiger charge is 2.28. The fraction of sp³-hybridized carbons (Fsp3) is 0.318. The zero-order valence-corrected chi connectivity index (χ0v) is 20.1. The molecule has 0 radical (unpaired) electrons. The van der Waals surface area contributed by atoms with Crippen LogP contribution in [-0.2, 0) is 14.3 Å². The van der Waals surface area contributed by atoms with Gasteiger partial charge in [0.05, 0.1) is 17.8 Å². The molecule has 2 aromatic rings. The van der Waals surface area contributed by atoms with E-state index in [0.29, 0.717) is 21.2 Å². The molecule has 6 nitrogen and oxygen atoms in total. The first-order chi connectivity index (χ1) is 14.5. The summed E-state index contributed by atoms with van der Waals surface area (Å²) in [5.41, 5.74) is 1.12. The van der Waals surface area contributed by atoms with Crippen LogP contribution < -0.4 is 5.32 Å². The van der Waals surface area contributed by atoms with Crippen LogP contribution >= 0.6 is 34.5 Å². The molecule has 1 heterocycles. The van der Waals surface area contributed by atoms with Gasteiger partial charge in [-0.25, -0.2) is 9.59 Å². The molecule has 2 rings (SSSR count). The van der Waals surface area contributed by atoms with Gasteiger partial charge in [0.2, 0.25) is 5.91 Å². The maximum Gasteiger partial charge on any atom is 0.348 e. The molecule has 1 amide bonds. The lowest BCUT2D eigenvalue weighted by Gasteiger charge is -2.10. The highest BCUT2D eigenvalue weighted by molar-refractivity contribution is 7.18. The number of nitrogens with one attached hydrogen (secondary N) is 1. The Bertz CT molecular complexity index is 1030. The van der Waals surface area contributed by atoms with Crippen LogP contribution in [0.3, 0.4) is 0 Å². The molecular formula is C22H23Cl2NO5S. The molecular weight excluding hydrogens is 461 g/mol. The lowest BCUT2D eigenvalue weighted by Crippen LogP contribution is -2.16. The van der Waals surface area contributed by atoms with Crippen LogP contribution in [0.15, 0.2) is 24.3 Å². The monoisotopic (exact) mass is 483 g/mol. The van der Waals surface area contributed by atoms with Crippen molar-refractivity contribution in [2.75, 3.05) is 5.32 Å². The first-order valence-corrected chi connectivity index (χ1v) is 11.1. The minimum absolute atomic E-state index is 0.126. The Morgan fingerprint density at radius 2 is 1.65 bits per heavy atom. The number of esters is 2. The van der Waals surface area contributed by atoms with Crippen molar-refractivity contribution in [2.45, 2.75) is 46.8 Å². The van der Waals surface area contributed by atoms with Crippen molar-refractivity contribution in [1.29, 1.82) is 0 Å². The van der Waals surface area contributed by atoms with E-state index >= 15 is 0 Å². The maximum atomic E-state index is 12.6. The fourth-order valence-electron chi connectivity index (χ4n) is 2.54. The van der Waals surface area contributed by atoms with Gasteiger partial charge in [-0.1, -0.05) is 29.3 Å². The molecule has 0 fully saturated rings. The van der Waals surface area contributed by atoms with Gasteiger partial charge in [-0.3, -0.25) is 4.79 Å². The number of carbonyl (C=O) groups excluding carboxylic acids is 3. The van der Waals surface area contributed by atoms with Gasteiger partial charge < -0.3 is 14.8 Å². The van der Waals surface area contributed by atoms with Gasteiger partial charge in [-0.15, -0.1) is 11.3 Å². The third-order valence-electron chi connectivity index (χ3n) is 3.84. The van der Waals surface area contributed by atoms with Crippen molar-refractivity contribution in [3.8, 4) is 0 Å². The first-order valence-electron chi connectivity index (χ1n) is 9.49. The van der Waals surface area contributed by atoms with E-state index in [1.54, 1.807) is 52.8 Å². The Morgan fingerprint density at radius 3 is 2.23 bits per heavy atom. The highest BCUT2D eigenvalue weighted by atomic mass is 35.5.